The van der Waals surface area contributed by atoms with E-state index in [1.165, 1.54) is 7.11 Å². The quantitative estimate of drug-likeness (QED) is 0.694. The van der Waals surface area contributed by atoms with Gasteiger partial charge in [-0.05, 0) is 18.8 Å². The van der Waals surface area contributed by atoms with Gasteiger partial charge >= 0.3 is 6.09 Å². The molecule has 0 saturated carbocycles. The molecule has 5 nitrogen and oxygen atoms in total. The molecule has 0 aliphatic carbocycles. The van der Waals surface area contributed by atoms with E-state index in [2.05, 4.69) is 16.6 Å². The van der Waals surface area contributed by atoms with Crippen LogP contribution < -0.4 is 5.32 Å². The molecule has 1 amide bonds. The van der Waals surface area contributed by atoms with Gasteiger partial charge in [0.25, 0.3) is 0 Å². The van der Waals surface area contributed by atoms with E-state index in [4.69, 9.17) is 4.74 Å². The van der Waals surface area contributed by atoms with Crippen molar-refractivity contribution in [1.82, 2.24) is 5.32 Å². The maximum Gasteiger partial charge on any atom is 0.407 e. The highest BCUT2D eigenvalue weighted by Crippen LogP contribution is 2.21. The van der Waals surface area contributed by atoms with Crippen LogP contribution in [0.3, 0.4) is 0 Å². The summed E-state index contributed by atoms with van der Waals surface area (Å²) in [7, 11) is 1.29. The van der Waals surface area contributed by atoms with Crippen LogP contribution in [0.4, 0.5) is 4.79 Å². The van der Waals surface area contributed by atoms with Crippen LogP contribution in [0.25, 0.3) is 0 Å². The number of aliphatic hydroxyl groups excluding tert-OH is 1. The standard InChI is InChI=1S/C10H17NO4/c1-7(12)9(11-10(13)14-2)8-3-5-15-6-4-8/h8-9,12H,1,3-6H2,2H3,(H,11,13)/t9-/m1/s1. The molecule has 1 atom stereocenters. The lowest BCUT2D eigenvalue weighted by atomic mass is 9.91. The average Bonchev–Trinajstić information content (AvgIpc) is 2.26. The van der Waals surface area contributed by atoms with E-state index in [1.807, 2.05) is 0 Å². The van der Waals surface area contributed by atoms with Crippen LogP contribution in [0.1, 0.15) is 12.8 Å². The minimum atomic E-state index is -0.554. The van der Waals surface area contributed by atoms with E-state index < -0.39 is 12.1 Å². The van der Waals surface area contributed by atoms with Crippen molar-refractivity contribution in [2.75, 3.05) is 20.3 Å². The maximum atomic E-state index is 11.1. The molecule has 1 fully saturated rings. The van der Waals surface area contributed by atoms with E-state index in [1.54, 1.807) is 0 Å². The van der Waals surface area contributed by atoms with Crippen LogP contribution in [0.15, 0.2) is 12.3 Å². The van der Waals surface area contributed by atoms with Crippen molar-refractivity contribution in [3.8, 4) is 0 Å². The number of carbonyl (C=O) groups is 1. The van der Waals surface area contributed by atoms with E-state index in [9.17, 15) is 9.90 Å². The number of alkyl carbamates (subject to hydrolysis) is 1. The molecule has 1 heterocycles. The van der Waals surface area contributed by atoms with Gasteiger partial charge in [0.05, 0.1) is 13.2 Å². The second-order valence-corrected chi connectivity index (χ2v) is 3.55. The average molecular weight is 215 g/mol. The zero-order valence-corrected chi connectivity index (χ0v) is 8.86. The monoisotopic (exact) mass is 215 g/mol. The SMILES string of the molecule is C=C(O)[C@@H](NC(=O)OC)C1CCOCC1. The molecule has 2 N–H and O–H groups in total. The van der Waals surface area contributed by atoms with Crippen molar-refractivity contribution in [2.24, 2.45) is 5.92 Å². The van der Waals surface area contributed by atoms with Gasteiger partial charge in [0.15, 0.2) is 0 Å². The Morgan fingerprint density at radius 3 is 2.67 bits per heavy atom. The molecule has 1 rings (SSSR count). The lowest BCUT2D eigenvalue weighted by Crippen LogP contribution is -2.43. The van der Waals surface area contributed by atoms with Gasteiger partial charge < -0.3 is 19.9 Å². The minimum absolute atomic E-state index is 0.0349. The first-order valence-corrected chi connectivity index (χ1v) is 4.95. The Labute approximate surface area is 89.1 Å². The molecule has 0 radical (unpaired) electrons. The number of methoxy groups -OCH3 is 1. The van der Waals surface area contributed by atoms with Crippen LogP contribution in [-0.4, -0.2) is 37.6 Å². The van der Waals surface area contributed by atoms with Crippen LogP contribution in [0.2, 0.25) is 0 Å². The zero-order chi connectivity index (χ0) is 11.3. The topological polar surface area (TPSA) is 67.8 Å². The van der Waals surface area contributed by atoms with Gasteiger partial charge in [-0.2, -0.15) is 0 Å². The highest BCUT2D eigenvalue weighted by molar-refractivity contribution is 5.67. The summed E-state index contributed by atoms with van der Waals surface area (Å²) < 4.78 is 9.69. The summed E-state index contributed by atoms with van der Waals surface area (Å²) in [5.41, 5.74) is 0. The van der Waals surface area contributed by atoms with E-state index in [0.717, 1.165) is 12.8 Å². The van der Waals surface area contributed by atoms with Gasteiger partial charge in [0.2, 0.25) is 0 Å². The lowest BCUT2D eigenvalue weighted by Gasteiger charge is -2.29. The van der Waals surface area contributed by atoms with Crippen molar-refractivity contribution in [1.29, 1.82) is 0 Å². The number of hydrogen-bond acceptors (Lipinski definition) is 4. The summed E-state index contributed by atoms with van der Waals surface area (Å²) >= 11 is 0. The molecule has 1 aliphatic rings. The number of hydrogen-bond donors (Lipinski definition) is 2. The van der Waals surface area contributed by atoms with Gasteiger partial charge in [0.1, 0.15) is 5.76 Å². The number of carbonyl (C=O) groups excluding carboxylic acids is 1. The number of rotatable bonds is 3. The smallest absolute Gasteiger partial charge is 0.407 e. The van der Waals surface area contributed by atoms with Crippen LogP contribution in [-0.2, 0) is 9.47 Å². The van der Waals surface area contributed by atoms with Gasteiger partial charge in [-0.25, -0.2) is 4.79 Å². The van der Waals surface area contributed by atoms with Crippen molar-refractivity contribution in [3.05, 3.63) is 12.3 Å². The summed E-state index contributed by atoms with van der Waals surface area (Å²) in [6.45, 7) is 4.76. The Kier molecular flexibility index (Phi) is 4.42. The molecule has 1 saturated heterocycles. The number of amides is 1. The maximum absolute atomic E-state index is 11.1. The van der Waals surface area contributed by atoms with Gasteiger partial charge in [0, 0.05) is 13.2 Å². The third kappa shape index (κ3) is 3.43. The fourth-order valence-corrected chi connectivity index (χ4v) is 1.71. The molecule has 0 bridgehead atoms. The molecule has 0 aromatic rings. The second-order valence-electron chi connectivity index (χ2n) is 3.55. The first kappa shape index (κ1) is 11.8. The molecule has 0 unspecified atom stereocenters. The largest absolute Gasteiger partial charge is 0.511 e. The highest BCUT2D eigenvalue weighted by atomic mass is 16.5. The Hall–Kier alpha value is -1.23. The molecule has 86 valence electrons. The lowest BCUT2D eigenvalue weighted by molar-refractivity contribution is 0.0522. The predicted octanol–water partition coefficient (Wildman–Crippen LogP) is 1.21. The third-order valence-corrected chi connectivity index (χ3v) is 2.56. The van der Waals surface area contributed by atoms with E-state index in [-0.39, 0.29) is 11.7 Å². The second kappa shape index (κ2) is 5.60. The molecule has 0 aromatic heterocycles. The summed E-state index contributed by atoms with van der Waals surface area (Å²) in [5.74, 6) is 0.127. The Balaban J connectivity index is 2.55. The highest BCUT2D eigenvalue weighted by Gasteiger charge is 2.27. The Morgan fingerprint density at radius 1 is 1.60 bits per heavy atom. The van der Waals surface area contributed by atoms with Crippen molar-refractivity contribution in [2.45, 2.75) is 18.9 Å². The molecule has 5 heteroatoms. The third-order valence-electron chi connectivity index (χ3n) is 2.56. The van der Waals surface area contributed by atoms with Crippen molar-refractivity contribution in [3.63, 3.8) is 0 Å². The molecular formula is C10H17NO4. The van der Waals surface area contributed by atoms with E-state index >= 15 is 0 Å². The fourth-order valence-electron chi connectivity index (χ4n) is 1.71. The van der Waals surface area contributed by atoms with E-state index in [0.29, 0.717) is 13.2 Å². The van der Waals surface area contributed by atoms with Crippen molar-refractivity contribution >= 4 is 6.09 Å². The number of nitrogens with one attached hydrogen (secondary N) is 1. The van der Waals surface area contributed by atoms with Crippen molar-refractivity contribution < 1.29 is 19.4 Å². The van der Waals surface area contributed by atoms with Gasteiger partial charge in [-0.3, -0.25) is 0 Å². The van der Waals surface area contributed by atoms with Crippen LogP contribution in [0, 0.1) is 5.92 Å². The molecule has 1 aliphatic heterocycles. The summed E-state index contributed by atoms with van der Waals surface area (Å²) in [5, 5.41) is 12.0. The van der Waals surface area contributed by atoms with Crippen LogP contribution in [0.5, 0.6) is 0 Å². The number of aliphatic hydroxyl groups is 1. The molecule has 15 heavy (non-hydrogen) atoms. The fraction of sp³-hybridized carbons (Fsp3) is 0.700. The first-order chi connectivity index (χ1) is 7.15. The molecular weight excluding hydrogens is 198 g/mol. The normalized spacial score (nSPS) is 19.3. The van der Waals surface area contributed by atoms with Gasteiger partial charge in [-0.1, -0.05) is 6.58 Å². The summed E-state index contributed by atoms with van der Waals surface area (Å²) in [6.07, 6.45) is 1.05. The first-order valence-electron chi connectivity index (χ1n) is 4.95. The summed E-state index contributed by atoms with van der Waals surface area (Å²) in [4.78, 5) is 11.1. The predicted molar refractivity (Wildman–Crippen MR) is 54.6 cm³/mol. The minimum Gasteiger partial charge on any atom is -0.511 e. The Morgan fingerprint density at radius 2 is 2.20 bits per heavy atom. The molecule has 0 aromatic carbocycles. The van der Waals surface area contributed by atoms with Crippen LogP contribution >= 0.6 is 0 Å². The van der Waals surface area contributed by atoms with Gasteiger partial charge in [-0.15, -0.1) is 0 Å². The zero-order valence-electron chi connectivity index (χ0n) is 8.86. The molecule has 0 spiro atoms. The Bertz CT molecular complexity index is 236. The summed E-state index contributed by atoms with van der Waals surface area (Å²) in [6, 6.07) is -0.443. The number of ether oxygens (including phenoxy) is 2.